The van der Waals surface area contributed by atoms with Crippen LogP contribution in [0.25, 0.3) is 0 Å². The van der Waals surface area contributed by atoms with Crippen molar-refractivity contribution in [1.82, 2.24) is 4.90 Å². The van der Waals surface area contributed by atoms with Gasteiger partial charge in [-0.3, -0.25) is 9.69 Å². The van der Waals surface area contributed by atoms with Crippen LogP contribution in [0.1, 0.15) is 41.6 Å². The van der Waals surface area contributed by atoms with Gasteiger partial charge < -0.3 is 14.4 Å². The third-order valence-electron chi connectivity index (χ3n) is 6.30. The predicted octanol–water partition coefficient (Wildman–Crippen LogP) is 4.42. The van der Waals surface area contributed by atoms with Gasteiger partial charge in [0.2, 0.25) is 0 Å². The van der Waals surface area contributed by atoms with Crippen molar-refractivity contribution >= 4 is 23.9 Å². The lowest BCUT2D eigenvalue weighted by Gasteiger charge is -2.39. The normalized spacial score (nSPS) is 17.5. The van der Waals surface area contributed by atoms with Crippen LogP contribution in [0.4, 0.5) is 5.69 Å². The largest absolute Gasteiger partial charge is 0.493 e. The second-order valence-electron chi connectivity index (χ2n) is 7.91. The third kappa shape index (κ3) is 4.73. The lowest BCUT2D eigenvalue weighted by molar-refractivity contribution is 0.103. The number of ether oxygens (including phenoxy) is 2. The van der Waals surface area contributed by atoms with Gasteiger partial charge in [0.05, 0.1) is 14.2 Å². The van der Waals surface area contributed by atoms with Gasteiger partial charge in [0, 0.05) is 49.0 Å². The minimum absolute atomic E-state index is 0. The molecule has 1 saturated carbocycles. The van der Waals surface area contributed by atoms with Crippen LogP contribution in [0.15, 0.2) is 42.5 Å². The van der Waals surface area contributed by atoms with Crippen LogP contribution in [0.5, 0.6) is 11.5 Å². The summed E-state index contributed by atoms with van der Waals surface area (Å²) >= 11 is 0. The van der Waals surface area contributed by atoms with Crippen LogP contribution in [-0.2, 0) is 0 Å². The Bertz CT molecular complexity index is 842. The number of methoxy groups -OCH3 is 2. The predicted molar refractivity (Wildman–Crippen MR) is 123 cm³/mol. The molecule has 0 spiro atoms. The Hall–Kier alpha value is -2.24. The third-order valence-corrected chi connectivity index (χ3v) is 6.30. The van der Waals surface area contributed by atoms with E-state index >= 15 is 0 Å². The zero-order valence-corrected chi connectivity index (χ0v) is 18.6. The van der Waals surface area contributed by atoms with E-state index < -0.39 is 0 Å². The van der Waals surface area contributed by atoms with Crippen LogP contribution >= 0.6 is 12.4 Å². The maximum Gasteiger partial charge on any atom is 0.193 e. The maximum atomic E-state index is 12.9. The van der Waals surface area contributed by atoms with Crippen LogP contribution in [0.3, 0.4) is 0 Å². The molecule has 5 nitrogen and oxygen atoms in total. The molecule has 0 radical (unpaired) electrons. The lowest BCUT2D eigenvalue weighted by Crippen LogP contribution is -2.49. The Labute approximate surface area is 185 Å². The van der Waals surface area contributed by atoms with E-state index in [1.165, 1.54) is 31.4 Å². The fraction of sp³-hybridized carbons (Fsp3) is 0.458. The van der Waals surface area contributed by atoms with E-state index in [-0.39, 0.29) is 18.2 Å². The van der Waals surface area contributed by atoms with Gasteiger partial charge in [-0.15, -0.1) is 12.4 Å². The average Bonchev–Trinajstić information content (AvgIpc) is 3.33. The number of carbonyl (C=O) groups is 1. The van der Waals surface area contributed by atoms with Crippen molar-refractivity contribution in [3.05, 3.63) is 53.6 Å². The second-order valence-corrected chi connectivity index (χ2v) is 7.91. The van der Waals surface area contributed by atoms with Gasteiger partial charge in [-0.05, 0) is 55.3 Å². The van der Waals surface area contributed by atoms with Gasteiger partial charge in [0.15, 0.2) is 17.3 Å². The van der Waals surface area contributed by atoms with Crippen molar-refractivity contribution in [2.45, 2.75) is 31.7 Å². The summed E-state index contributed by atoms with van der Waals surface area (Å²) < 4.78 is 10.6. The molecule has 0 N–H and O–H groups in total. The van der Waals surface area contributed by atoms with Crippen LogP contribution < -0.4 is 14.4 Å². The smallest absolute Gasteiger partial charge is 0.193 e. The van der Waals surface area contributed by atoms with E-state index in [9.17, 15) is 4.79 Å². The Morgan fingerprint density at radius 3 is 2.03 bits per heavy atom. The number of nitrogens with zero attached hydrogens (tertiary/aromatic N) is 2. The number of rotatable bonds is 6. The molecule has 0 bridgehead atoms. The van der Waals surface area contributed by atoms with Crippen molar-refractivity contribution < 1.29 is 14.3 Å². The fourth-order valence-corrected chi connectivity index (χ4v) is 4.58. The highest BCUT2D eigenvalue weighted by atomic mass is 35.5. The number of piperazine rings is 1. The summed E-state index contributed by atoms with van der Waals surface area (Å²) in [6.07, 6.45) is 5.51. The van der Waals surface area contributed by atoms with E-state index in [0.717, 1.165) is 32.2 Å². The SMILES string of the molecule is COc1ccc(C(=O)c2ccc(N3CCN(C4CCCC4)CC3)cc2)cc1OC.Cl. The highest BCUT2D eigenvalue weighted by Crippen LogP contribution is 2.29. The molecule has 1 aliphatic carbocycles. The number of hydrogen-bond acceptors (Lipinski definition) is 5. The molecule has 2 fully saturated rings. The number of anilines is 1. The molecule has 0 aromatic heterocycles. The molecule has 2 aromatic rings. The van der Waals surface area contributed by atoms with E-state index in [0.29, 0.717) is 22.6 Å². The Kier molecular flexibility index (Phi) is 7.62. The fourth-order valence-electron chi connectivity index (χ4n) is 4.58. The zero-order valence-electron chi connectivity index (χ0n) is 17.8. The van der Waals surface area contributed by atoms with Crippen LogP contribution in [0, 0.1) is 0 Å². The van der Waals surface area contributed by atoms with Crippen LogP contribution in [-0.4, -0.2) is 57.1 Å². The monoisotopic (exact) mass is 430 g/mol. The Balaban J connectivity index is 0.00000256. The first-order valence-electron chi connectivity index (χ1n) is 10.6. The zero-order chi connectivity index (χ0) is 20.2. The molecular formula is C24H31ClN2O3. The molecule has 6 heteroatoms. The molecular weight excluding hydrogens is 400 g/mol. The Morgan fingerprint density at radius 1 is 0.833 bits per heavy atom. The van der Waals surface area contributed by atoms with Crippen molar-refractivity contribution in [2.24, 2.45) is 0 Å². The first kappa shape index (κ1) is 22.4. The summed E-state index contributed by atoms with van der Waals surface area (Å²) in [6, 6.07) is 14.1. The molecule has 1 heterocycles. The van der Waals surface area contributed by atoms with E-state index in [4.69, 9.17) is 9.47 Å². The summed E-state index contributed by atoms with van der Waals surface area (Å²) in [5.41, 5.74) is 2.48. The van der Waals surface area contributed by atoms with Crippen molar-refractivity contribution in [2.75, 3.05) is 45.3 Å². The standard InChI is InChI=1S/C24H30N2O3.ClH/c1-28-22-12-9-19(17-23(22)29-2)24(27)18-7-10-21(11-8-18)26-15-13-25(14-16-26)20-5-3-4-6-20;/h7-12,17,20H,3-6,13-16H2,1-2H3;1H. The number of hydrogen-bond donors (Lipinski definition) is 0. The summed E-state index contributed by atoms with van der Waals surface area (Å²) in [4.78, 5) is 18.0. The molecule has 0 atom stereocenters. The highest BCUT2D eigenvalue weighted by Gasteiger charge is 2.26. The summed E-state index contributed by atoms with van der Waals surface area (Å²) in [7, 11) is 3.17. The molecule has 162 valence electrons. The van der Waals surface area contributed by atoms with Crippen LogP contribution in [0.2, 0.25) is 0 Å². The topological polar surface area (TPSA) is 42.0 Å². The Morgan fingerprint density at radius 2 is 1.43 bits per heavy atom. The molecule has 2 aromatic carbocycles. The quantitative estimate of drug-likeness (QED) is 0.634. The van der Waals surface area contributed by atoms with Gasteiger partial charge in [0.1, 0.15) is 0 Å². The molecule has 4 rings (SSSR count). The molecule has 30 heavy (non-hydrogen) atoms. The number of carbonyl (C=O) groups excluding carboxylic acids is 1. The molecule has 0 unspecified atom stereocenters. The first-order chi connectivity index (χ1) is 14.2. The molecule has 1 saturated heterocycles. The summed E-state index contributed by atoms with van der Waals surface area (Å²) in [6.45, 7) is 4.38. The molecule has 2 aliphatic rings. The second kappa shape index (κ2) is 10.2. The van der Waals surface area contributed by atoms with Crippen molar-refractivity contribution in [3.63, 3.8) is 0 Å². The van der Waals surface area contributed by atoms with Gasteiger partial charge in [0.25, 0.3) is 0 Å². The molecule has 1 aliphatic heterocycles. The molecule has 0 amide bonds. The van der Waals surface area contributed by atoms with Crippen molar-refractivity contribution in [3.8, 4) is 11.5 Å². The number of ketones is 1. The van der Waals surface area contributed by atoms with Gasteiger partial charge in [-0.1, -0.05) is 12.8 Å². The maximum absolute atomic E-state index is 12.9. The number of halogens is 1. The van der Waals surface area contributed by atoms with Gasteiger partial charge in [-0.2, -0.15) is 0 Å². The highest BCUT2D eigenvalue weighted by molar-refractivity contribution is 6.09. The lowest BCUT2D eigenvalue weighted by atomic mass is 10.0. The summed E-state index contributed by atoms with van der Waals surface area (Å²) in [5.74, 6) is 1.18. The van der Waals surface area contributed by atoms with E-state index in [1.54, 1.807) is 32.4 Å². The van der Waals surface area contributed by atoms with E-state index in [1.807, 2.05) is 12.1 Å². The average molecular weight is 431 g/mol. The van der Waals surface area contributed by atoms with Gasteiger partial charge in [-0.25, -0.2) is 0 Å². The first-order valence-corrected chi connectivity index (χ1v) is 10.6. The van der Waals surface area contributed by atoms with Gasteiger partial charge >= 0.3 is 0 Å². The van der Waals surface area contributed by atoms with E-state index in [2.05, 4.69) is 21.9 Å². The number of benzene rings is 2. The minimum Gasteiger partial charge on any atom is -0.493 e. The van der Waals surface area contributed by atoms with Crippen molar-refractivity contribution in [1.29, 1.82) is 0 Å². The minimum atomic E-state index is -0.0106. The summed E-state index contributed by atoms with van der Waals surface area (Å²) in [5, 5.41) is 0.